The van der Waals surface area contributed by atoms with Gasteiger partial charge in [-0.25, -0.2) is 0 Å². The number of fused-ring (bicyclic) bond motifs is 3. The number of likely N-dealkylation sites (N-methyl/N-ethyl adjacent to an activating group) is 2. The summed E-state index contributed by atoms with van der Waals surface area (Å²) in [6, 6.07) is 0. The van der Waals surface area contributed by atoms with Gasteiger partial charge in [0, 0.05) is 39.3 Å². The molecule has 0 saturated carbocycles. The standard InChI is InChI=1S/C14H30N4.ClH.Mn/c1-15-5-3-7-18-12-10-16(2)6-4-8-17(11-9-15)13-14-18;;/h3-14H2,1-2H3;1H;/q;;+2/p-1. The molecule has 4 nitrogen and oxygen atoms in total. The predicted octanol–water partition coefficient (Wildman–Crippen LogP) is -2.74. The third kappa shape index (κ3) is 7.60. The molecule has 0 aliphatic carbocycles. The Morgan fingerprint density at radius 3 is 1.25 bits per heavy atom. The molecule has 6 heteroatoms. The number of hydrogen-bond donors (Lipinski definition) is 0. The van der Waals surface area contributed by atoms with Crippen LogP contribution in [0.3, 0.4) is 0 Å². The van der Waals surface area contributed by atoms with Crippen molar-refractivity contribution >= 4 is 0 Å². The van der Waals surface area contributed by atoms with Crippen molar-refractivity contribution in [1.82, 2.24) is 19.6 Å². The number of nitrogens with zero attached hydrogens (tertiary/aromatic N) is 4. The Balaban J connectivity index is 0.00000180. The van der Waals surface area contributed by atoms with Crippen LogP contribution in [0.1, 0.15) is 12.8 Å². The van der Waals surface area contributed by atoms with Gasteiger partial charge in [-0.3, -0.25) is 0 Å². The predicted molar refractivity (Wildman–Crippen MR) is 77.1 cm³/mol. The molecule has 2 heterocycles. The maximum absolute atomic E-state index is 2.66. The molecule has 0 aromatic carbocycles. The first kappa shape index (κ1) is 20.6. The Bertz CT molecular complexity index is 221. The van der Waals surface area contributed by atoms with Crippen molar-refractivity contribution in [2.75, 3.05) is 79.5 Å². The second-order valence-corrected chi connectivity index (χ2v) is 6.00. The van der Waals surface area contributed by atoms with Gasteiger partial charge in [0.25, 0.3) is 0 Å². The van der Waals surface area contributed by atoms with E-state index in [-0.39, 0.29) is 29.5 Å². The fourth-order valence-corrected chi connectivity index (χ4v) is 2.93. The summed E-state index contributed by atoms with van der Waals surface area (Å²) in [6.07, 6.45) is 2.64. The zero-order valence-corrected chi connectivity index (χ0v) is 15.0. The van der Waals surface area contributed by atoms with Crippen LogP contribution in [0.4, 0.5) is 0 Å². The smallest absolute Gasteiger partial charge is 1.00 e. The van der Waals surface area contributed by atoms with Crippen molar-refractivity contribution in [3.8, 4) is 0 Å². The third-order valence-corrected chi connectivity index (χ3v) is 4.36. The molecule has 0 N–H and O–H groups in total. The summed E-state index contributed by atoms with van der Waals surface area (Å²) in [7, 11) is 4.54. The second-order valence-electron chi connectivity index (χ2n) is 6.00. The van der Waals surface area contributed by atoms with Gasteiger partial charge < -0.3 is 32.0 Å². The molecule has 0 amide bonds. The normalized spacial score (nSPS) is 30.9. The van der Waals surface area contributed by atoms with E-state index in [1.165, 1.54) is 78.3 Å². The van der Waals surface area contributed by atoms with Crippen molar-refractivity contribution in [1.29, 1.82) is 0 Å². The van der Waals surface area contributed by atoms with Gasteiger partial charge in [0.15, 0.2) is 0 Å². The van der Waals surface area contributed by atoms with E-state index in [0.29, 0.717) is 0 Å². The number of hydrogen-bond acceptors (Lipinski definition) is 4. The van der Waals surface area contributed by atoms with E-state index >= 15 is 0 Å². The average Bonchev–Trinajstić information content (AvgIpc) is 2.37. The second kappa shape index (κ2) is 11.2. The molecule has 0 aromatic heterocycles. The van der Waals surface area contributed by atoms with Crippen LogP contribution in [0.15, 0.2) is 0 Å². The SMILES string of the molecule is CN1CCCN2CCN(C)CCCN(CC1)CC2.[Cl-].[Mn+2]. The molecule has 2 aliphatic heterocycles. The van der Waals surface area contributed by atoms with Crippen LogP contribution in [0.25, 0.3) is 0 Å². The van der Waals surface area contributed by atoms with Crippen LogP contribution < -0.4 is 12.4 Å². The van der Waals surface area contributed by atoms with Crippen LogP contribution in [0.2, 0.25) is 0 Å². The van der Waals surface area contributed by atoms with Gasteiger partial charge in [-0.2, -0.15) is 0 Å². The summed E-state index contributed by atoms with van der Waals surface area (Å²) >= 11 is 0. The van der Waals surface area contributed by atoms with E-state index in [4.69, 9.17) is 0 Å². The zero-order valence-electron chi connectivity index (χ0n) is 13.0. The average molecular weight is 345 g/mol. The fourth-order valence-electron chi connectivity index (χ4n) is 2.93. The number of rotatable bonds is 0. The van der Waals surface area contributed by atoms with E-state index in [0.717, 1.165) is 0 Å². The molecule has 2 saturated heterocycles. The summed E-state index contributed by atoms with van der Waals surface area (Å²) in [6.45, 7) is 12.5. The molecule has 20 heavy (non-hydrogen) atoms. The molecule has 0 aromatic rings. The van der Waals surface area contributed by atoms with Crippen LogP contribution >= 0.6 is 0 Å². The minimum Gasteiger partial charge on any atom is -1.00 e. The maximum Gasteiger partial charge on any atom is 2.00 e. The Morgan fingerprint density at radius 2 is 0.850 bits per heavy atom. The van der Waals surface area contributed by atoms with Crippen LogP contribution in [-0.2, 0) is 17.1 Å². The van der Waals surface area contributed by atoms with Crippen molar-refractivity contribution < 1.29 is 29.5 Å². The fraction of sp³-hybridized carbons (Fsp3) is 1.00. The first-order valence-electron chi connectivity index (χ1n) is 7.56. The molecular formula is C14H30ClMnN4+. The van der Waals surface area contributed by atoms with E-state index < -0.39 is 0 Å². The first-order valence-corrected chi connectivity index (χ1v) is 7.56. The van der Waals surface area contributed by atoms with Crippen LogP contribution in [0, 0.1) is 0 Å². The van der Waals surface area contributed by atoms with Crippen LogP contribution in [0.5, 0.6) is 0 Å². The Hall–Kier alpha value is 0.649. The van der Waals surface area contributed by atoms with Gasteiger partial charge in [0.1, 0.15) is 0 Å². The summed E-state index contributed by atoms with van der Waals surface area (Å²) in [5, 5.41) is 0. The van der Waals surface area contributed by atoms with E-state index in [9.17, 15) is 0 Å². The van der Waals surface area contributed by atoms with Gasteiger partial charge in [-0.15, -0.1) is 0 Å². The molecule has 2 bridgehead atoms. The van der Waals surface area contributed by atoms with Crippen molar-refractivity contribution in [2.45, 2.75) is 12.8 Å². The Morgan fingerprint density at radius 1 is 0.500 bits per heavy atom. The maximum atomic E-state index is 2.66. The molecular weight excluding hydrogens is 315 g/mol. The van der Waals surface area contributed by atoms with Crippen molar-refractivity contribution in [3.63, 3.8) is 0 Å². The number of halogens is 1. The van der Waals surface area contributed by atoms with Gasteiger partial charge in [-0.1, -0.05) is 0 Å². The van der Waals surface area contributed by atoms with Crippen LogP contribution in [-0.4, -0.2) is 99.1 Å². The third-order valence-electron chi connectivity index (χ3n) is 4.36. The topological polar surface area (TPSA) is 13.0 Å². The Labute approximate surface area is 141 Å². The molecule has 119 valence electrons. The van der Waals surface area contributed by atoms with Crippen molar-refractivity contribution in [3.05, 3.63) is 0 Å². The molecule has 2 aliphatic rings. The van der Waals surface area contributed by atoms with Gasteiger partial charge >= 0.3 is 17.1 Å². The molecule has 0 spiro atoms. The molecule has 2 atom stereocenters. The van der Waals surface area contributed by atoms with Gasteiger partial charge in [0.05, 0.1) is 0 Å². The zero-order chi connectivity index (χ0) is 12.8. The molecule has 2 unspecified atom stereocenters. The van der Waals surface area contributed by atoms with Gasteiger partial charge in [-0.05, 0) is 53.1 Å². The van der Waals surface area contributed by atoms with E-state index in [2.05, 4.69) is 33.7 Å². The van der Waals surface area contributed by atoms with Crippen molar-refractivity contribution in [2.24, 2.45) is 0 Å². The minimum atomic E-state index is 0. The summed E-state index contributed by atoms with van der Waals surface area (Å²) in [4.78, 5) is 10.3. The van der Waals surface area contributed by atoms with Gasteiger partial charge in [0.2, 0.25) is 0 Å². The van der Waals surface area contributed by atoms with E-state index in [1.54, 1.807) is 0 Å². The largest absolute Gasteiger partial charge is 2.00 e. The monoisotopic (exact) mass is 344 g/mol. The summed E-state index contributed by atoms with van der Waals surface area (Å²) in [5.41, 5.74) is 0. The molecule has 2 fully saturated rings. The summed E-state index contributed by atoms with van der Waals surface area (Å²) < 4.78 is 0. The molecule has 1 radical (unpaired) electrons. The van der Waals surface area contributed by atoms with E-state index in [1.807, 2.05) is 0 Å². The summed E-state index contributed by atoms with van der Waals surface area (Å²) in [5.74, 6) is 0. The molecule has 2 rings (SSSR count). The Kier molecular flexibility index (Phi) is 11.6. The minimum absolute atomic E-state index is 0. The quantitative estimate of drug-likeness (QED) is 0.442. The first-order chi connectivity index (χ1) is 8.74.